The highest BCUT2D eigenvalue weighted by atomic mass is 16.6. The summed E-state index contributed by atoms with van der Waals surface area (Å²) in [7, 11) is 0. The second-order valence-electron chi connectivity index (χ2n) is 4.06. The summed E-state index contributed by atoms with van der Waals surface area (Å²) in [5, 5.41) is 9.83. The highest BCUT2D eigenvalue weighted by molar-refractivity contribution is 5.88. The number of rotatable bonds is 2. The largest absolute Gasteiger partial charge is 0.505 e. The quantitative estimate of drug-likeness (QED) is 0.712. The monoisotopic (exact) mass is 212 g/mol. The molecule has 0 amide bonds. The first-order valence-electron chi connectivity index (χ1n) is 5.49. The van der Waals surface area contributed by atoms with Crippen molar-refractivity contribution < 1.29 is 19.4 Å². The molecule has 0 radical (unpaired) electrons. The molecule has 0 aromatic heterocycles. The fraction of sp³-hybridized carbons (Fsp3) is 0.727. The van der Waals surface area contributed by atoms with Gasteiger partial charge in [0, 0.05) is 0 Å². The molecule has 2 aliphatic rings. The van der Waals surface area contributed by atoms with Gasteiger partial charge in [0.25, 0.3) is 0 Å². The molecule has 0 aromatic rings. The van der Waals surface area contributed by atoms with Crippen LogP contribution in [0.15, 0.2) is 11.5 Å². The van der Waals surface area contributed by atoms with Gasteiger partial charge < -0.3 is 14.6 Å². The molecule has 1 saturated carbocycles. The Morgan fingerprint density at radius 1 is 1.47 bits per heavy atom. The minimum Gasteiger partial charge on any atom is -0.505 e. The van der Waals surface area contributed by atoms with E-state index in [4.69, 9.17) is 9.47 Å². The summed E-state index contributed by atoms with van der Waals surface area (Å²) in [6, 6.07) is 0. The Morgan fingerprint density at radius 2 is 2.13 bits per heavy atom. The van der Waals surface area contributed by atoms with Crippen LogP contribution in [-0.4, -0.2) is 23.3 Å². The lowest BCUT2D eigenvalue weighted by atomic mass is 9.80. The number of carbonyl (C=O) groups is 1. The lowest BCUT2D eigenvalue weighted by Gasteiger charge is -2.43. The summed E-state index contributed by atoms with van der Waals surface area (Å²) in [6.07, 6.45) is 4.87. The molecular formula is C11H16O4. The molecule has 1 N–H and O–H groups in total. The van der Waals surface area contributed by atoms with Gasteiger partial charge in [0.05, 0.1) is 6.61 Å². The second kappa shape index (κ2) is 3.76. The Morgan fingerprint density at radius 3 is 2.67 bits per heavy atom. The summed E-state index contributed by atoms with van der Waals surface area (Å²) in [5.41, 5.74) is -0.555. The van der Waals surface area contributed by atoms with Crippen LogP contribution in [0.1, 0.15) is 39.0 Å². The summed E-state index contributed by atoms with van der Waals surface area (Å²) in [5.74, 6) is -0.439. The van der Waals surface area contributed by atoms with E-state index in [1.54, 1.807) is 6.92 Å². The molecule has 0 atom stereocenters. The van der Waals surface area contributed by atoms with Crippen LogP contribution in [-0.2, 0) is 14.3 Å². The Bertz CT molecular complexity index is 300. The maximum absolute atomic E-state index is 11.3. The zero-order chi connectivity index (χ0) is 10.9. The van der Waals surface area contributed by atoms with Gasteiger partial charge in [-0.25, -0.2) is 4.79 Å². The topological polar surface area (TPSA) is 55.8 Å². The second-order valence-corrected chi connectivity index (χ2v) is 4.06. The van der Waals surface area contributed by atoms with Crippen LogP contribution in [0, 0.1) is 0 Å². The number of hydrogen-bond acceptors (Lipinski definition) is 4. The van der Waals surface area contributed by atoms with Crippen molar-refractivity contribution >= 4 is 5.97 Å². The summed E-state index contributed by atoms with van der Waals surface area (Å²) in [4.78, 5) is 11.3. The van der Waals surface area contributed by atoms with Crippen molar-refractivity contribution in [2.45, 2.75) is 44.6 Å². The molecule has 1 aliphatic heterocycles. The van der Waals surface area contributed by atoms with Crippen LogP contribution in [0.5, 0.6) is 0 Å². The van der Waals surface area contributed by atoms with E-state index in [2.05, 4.69) is 0 Å². The minimum absolute atomic E-state index is 0.0127. The van der Waals surface area contributed by atoms with E-state index in [1.807, 2.05) is 0 Å². The van der Waals surface area contributed by atoms with Crippen LogP contribution < -0.4 is 0 Å². The van der Waals surface area contributed by atoms with Gasteiger partial charge in [-0.15, -0.1) is 0 Å². The zero-order valence-electron chi connectivity index (χ0n) is 8.91. The van der Waals surface area contributed by atoms with Crippen LogP contribution in [0.3, 0.4) is 0 Å². The fourth-order valence-electron chi connectivity index (χ4n) is 2.25. The molecule has 1 fully saturated rings. The highest BCUT2D eigenvalue weighted by Crippen LogP contribution is 2.46. The number of aliphatic hydroxyl groups is 1. The number of esters is 1. The molecule has 1 heterocycles. The van der Waals surface area contributed by atoms with Gasteiger partial charge in [-0.05, 0) is 32.6 Å². The van der Waals surface area contributed by atoms with Gasteiger partial charge in [0.1, 0.15) is 0 Å². The molecule has 15 heavy (non-hydrogen) atoms. The van der Waals surface area contributed by atoms with Crippen LogP contribution >= 0.6 is 0 Å². The summed E-state index contributed by atoms with van der Waals surface area (Å²) in [6.45, 7) is 2.02. The van der Waals surface area contributed by atoms with E-state index in [9.17, 15) is 9.90 Å². The molecule has 0 saturated heterocycles. The molecule has 0 bridgehead atoms. The van der Waals surface area contributed by atoms with E-state index in [-0.39, 0.29) is 11.5 Å². The van der Waals surface area contributed by atoms with Crippen LogP contribution in [0.4, 0.5) is 0 Å². The minimum atomic E-state index is -0.555. The Labute approximate surface area is 88.9 Å². The Hall–Kier alpha value is -1.19. The SMILES string of the molecule is CCOC(=O)C1=C(O)C2(CCCCC2)O1. The molecule has 0 aromatic carbocycles. The van der Waals surface area contributed by atoms with E-state index < -0.39 is 11.6 Å². The molecule has 4 nitrogen and oxygen atoms in total. The predicted molar refractivity (Wildman–Crippen MR) is 53.2 cm³/mol. The van der Waals surface area contributed by atoms with Gasteiger partial charge in [0.15, 0.2) is 11.4 Å². The van der Waals surface area contributed by atoms with E-state index in [0.29, 0.717) is 6.61 Å². The normalized spacial score (nSPS) is 23.3. The summed E-state index contributed by atoms with van der Waals surface area (Å²) >= 11 is 0. The van der Waals surface area contributed by atoms with Crippen molar-refractivity contribution in [1.82, 2.24) is 0 Å². The molecular weight excluding hydrogens is 196 g/mol. The van der Waals surface area contributed by atoms with Crippen molar-refractivity contribution in [2.24, 2.45) is 0 Å². The van der Waals surface area contributed by atoms with Gasteiger partial charge in [-0.2, -0.15) is 0 Å². The first-order chi connectivity index (χ1) is 7.19. The van der Waals surface area contributed by atoms with Crippen molar-refractivity contribution in [1.29, 1.82) is 0 Å². The molecule has 1 spiro atoms. The summed E-state index contributed by atoms with van der Waals surface area (Å²) < 4.78 is 10.2. The fourth-order valence-corrected chi connectivity index (χ4v) is 2.25. The van der Waals surface area contributed by atoms with Crippen molar-refractivity contribution in [3.8, 4) is 0 Å². The number of ether oxygens (including phenoxy) is 2. The molecule has 0 unspecified atom stereocenters. The third-order valence-electron chi connectivity index (χ3n) is 3.07. The maximum atomic E-state index is 11.3. The number of hydrogen-bond donors (Lipinski definition) is 1. The zero-order valence-corrected chi connectivity index (χ0v) is 8.91. The van der Waals surface area contributed by atoms with Crippen LogP contribution in [0.25, 0.3) is 0 Å². The van der Waals surface area contributed by atoms with Gasteiger partial charge in [-0.1, -0.05) is 6.42 Å². The maximum Gasteiger partial charge on any atom is 0.377 e. The molecule has 4 heteroatoms. The van der Waals surface area contributed by atoms with Gasteiger partial charge in [0.2, 0.25) is 5.76 Å². The van der Waals surface area contributed by atoms with Crippen molar-refractivity contribution in [3.63, 3.8) is 0 Å². The Balaban J connectivity index is 2.08. The lowest BCUT2D eigenvalue weighted by molar-refractivity contribution is -0.158. The smallest absolute Gasteiger partial charge is 0.377 e. The average molecular weight is 212 g/mol. The third kappa shape index (κ3) is 1.58. The van der Waals surface area contributed by atoms with Gasteiger partial charge in [-0.3, -0.25) is 0 Å². The first kappa shape index (κ1) is 10.3. The lowest BCUT2D eigenvalue weighted by Crippen LogP contribution is -2.47. The third-order valence-corrected chi connectivity index (χ3v) is 3.07. The van der Waals surface area contributed by atoms with Crippen molar-refractivity contribution in [2.75, 3.05) is 6.61 Å². The van der Waals surface area contributed by atoms with Crippen molar-refractivity contribution in [3.05, 3.63) is 11.5 Å². The van der Waals surface area contributed by atoms with E-state index in [0.717, 1.165) is 25.7 Å². The van der Waals surface area contributed by atoms with E-state index >= 15 is 0 Å². The highest BCUT2D eigenvalue weighted by Gasteiger charge is 2.51. The molecule has 84 valence electrons. The number of carbonyl (C=O) groups excluding carboxylic acids is 1. The average Bonchev–Trinajstić information content (AvgIpc) is 2.27. The Kier molecular flexibility index (Phi) is 2.59. The van der Waals surface area contributed by atoms with Gasteiger partial charge >= 0.3 is 5.97 Å². The molecule has 1 aliphatic carbocycles. The van der Waals surface area contributed by atoms with Crippen LogP contribution in [0.2, 0.25) is 0 Å². The van der Waals surface area contributed by atoms with E-state index in [1.165, 1.54) is 6.42 Å². The molecule has 2 rings (SSSR count). The number of aliphatic hydroxyl groups excluding tert-OH is 1. The first-order valence-corrected chi connectivity index (χ1v) is 5.49. The predicted octanol–water partition coefficient (Wildman–Crippen LogP) is 2.05. The standard InChI is InChI=1S/C11H16O4/c1-2-14-10(13)8-9(12)11(15-8)6-4-3-5-7-11/h12H,2-7H2,1H3.